The number of anilines is 1. The molecule has 0 N–H and O–H groups in total. The fraction of sp³-hybridized carbons (Fsp3) is 0.375. The molecule has 1 aromatic carbocycles. The van der Waals surface area contributed by atoms with Crippen LogP contribution in [0.4, 0.5) is 10.1 Å². The van der Waals surface area contributed by atoms with Crippen LogP contribution in [0.5, 0.6) is 0 Å². The van der Waals surface area contributed by atoms with Gasteiger partial charge in [0.15, 0.2) is 0 Å². The number of nitriles is 1. The molecule has 1 aliphatic rings. The second kappa shape index (κ2) is 6.33. The van der Waals surface area contributed by atoms with Crippen molar-refractivity contribution in [2.45, 2.75) is 26.7 Å². The molecule has 0 unspecified atom stereocenters. The van der Waals surface area contributed by atoms with Crippen LogP contribution in [0.15, 0.2) is 28.9 Å². The van der Waals surface area contributed by atoms with E-state index in [1.807, 2.05) is 26.0 Å². The maximum atomic E-state index is 14.0. The molecular weight excluding hydrogens is 253 g/mol. The van der Waals surface area contributed by atoms with Gasteiger partial charge in [0.2, 0.25) is 0 Å². The molecule has 0 radical (unpaired) electrons. The second-order valence-electron chi connectivity index (χ2n) is 4.76. The second-order valence-corrected chi connectivity index (χ2v) is 4.76. The molecule has 0 bridgehead atoms. The number of rotatable bonds is 3. The van der Waals surface area contributed by atoms with Crippen molar-refractivity contribution in [2.24, 2.45) is 4.99 Å². The third kappa shape index (κ3) is 2.88. The summed E-state index contributed by atoms with van der Waals surface area (Å²) in [4.78, 5) is 6.41. The molecule has 3 nitrogen and oxygen atoms in total. The van der Waals surface area contributed by atoms with E-state index < -0.39 is 0 Å². The van der Waals surface area contributed by atoms with Gasteiger partial charge in [-0.05, 0) is 38.8 Å². The average molecular weight is 271 g/mol. The summed E-state index contributed by atoms with van der Waals surface area (Å²) in [6.07, 6.45) is 5.36. The van der Waals surface area contributed by atoms with E-state index >= 15 is 0 Å². The lowest BCUT2D eigenvalue weighted by atomic mass is 9.99. The number of allylic oxidation sites excluding steroid dienone is 1. The molecule has 4 heteroatoms. The van der Waals surface area contributed by atoms with Crippen molar-refractivity contribution in [3.8, 4) is 6.07 Å². The van der Waals surface area contributed by atoms with Gasteiger partial charge in [0.1, 0.15) is 5.82 Å². The molecule has 0 aromatic heterocycles. The Labute approximate surface area is 119 Å². The van der Waals surface area contributed by atoms with Crippen LogP contribution in [0, 0.1) is 17.1 Å². The molecule has 1 aliphatic heterocycles. The Hall–Kier alpha value is -2.15. The topological polar surface area (TPSA) is 39.4 Å². The quantitative estimate of drug-likeness (QED) is 0.790. The molecule has 0 saturated heterocycles. The van der Waals surface area contributed by atoms with Crippen LogP contribution in [0.1, 0.15) is 31.4 Å². The Balaban J connectivity index is 2.37. The van der Waals surface area contributed by atoms with E-state index in [0.29, 0.717) is 17.7 Å². The van der Waals surface area contributed by atoms with Crippen LogP contribution >= 0.6 is 0 Å². The SMILES string of the molecule is CC=N/C(=C\C)CN1CCCc2c(F)cc(C#N)cc21. The average Bonchev–Trinajstić information content (AvgIpc) is 2.47. The largest absolute Gasteiger partial charge is 0.365 e. The number of hydrogen-bond acceptors (Lipinski definition) is 3. The fourth-order valence-electron chi connectivity index (χ4n) is 2.52. The number of benzene rings is 1. The summed E-state index contributed by atoms with van der Waals surface area (Å²) in [6.45, 7) is 5.32. The molecule has 0 atom stereocenters. The first-order valence-electron chi connectivity index (χ1n) is 6.81. The van der Waals surface area contributed by atoms with Crippen molar-refractivity contribution in [1.82, 2.24) is 0 Å². The van der Waals surface area contributed by atoms with Gasteiger partial charge in [0, 0.05) is 24.0 Å². The summed E-state index contributed by atoms with van der Waals surface area (Å²) < 4.78 is 14.0. The van der Waals surface area contributed by atoms with E-state index in [4.69, 9.17) is 5.26 Å². The normalized spacial score (nSPS) is 15.3. The van der Waals surface area contributed by atoms with Crippen LogP contribution in [0.3, 0.4) is 0 Å². The molecule has 0 amide bonds. The third-order valence-corrected chi connectivity index (χ3v) is 3.48. The van der Waals surface area contributed by atoms with Gasteiger partial charge in [-0.3, -0.25) is 4.99 Å². The van der Waals surface area contributed by atoms with E-state index in [1.165, 1.54) is 6.07 Å². The highest BCUT2D eigenvalue weighted by Crippen LogP contribution is 2.31. The van der Waals surface area contributed by atoms with Crippen molar-refractivity contribution in [3.63, 3.8) is 0 Å². The van der Waals surface area contributed by atoms with Crippen molar-refractivity contribution in [2.75, 3.05) is 18.0 Å². The maximum Gasteiger partial charge on any atom is 0.129 e. The lowest BCUT2D eigenvalue weighted by Crippen LogP contribution is -2.31. The van der Waals surface area contributed by atoms with Gasteiger partial charge in [-0.2, -0.15) is 5.26 Å². The van der Waals surface area contributed by atoms with Gasteiger partial charge in [-0.15, -0.1) is 0 Å². The first kappa shape index (κ1) is 14.3. The van der Waals surface area contributed by atoms with Crippen molar-refractivity contribution in [3.05, 3.63) is 40.8 Å². The zero-order valence-electron chi connectivity index (χ0n) is 11.9. The lowest BCUT2D eigenvalue weighted by Gasteiger charge is -2.31. The molecule has 0 saturated carbocycles. The molecule has 0 aliphatic carbocycles. The molecule has 1 heterocycles. The summed E-state index contributed by atoms with van der Waals surface area (Å²) >= 11 is 0. The van der Waals surface area contributed by atoms with E-state index in [2.05, 4.69) is 9.89 Å². The van der Waals surface area contributed by atoms with E-state index in [0.717, 1.165) is 30.8 Å². The van der Waals surface area contributed by atoms with Gasteiger partial charge < -0.3 is 4.90 Å². The number of aliphatic imine (C=N–C) groups is 1. The summed E-state index contributed by atoms with van der Waals surface area (Å²) in [5, 5.41) is 8.99. The van der Waals surface area contributed by atoms with Crippen LogP contribution in [0.25, 0.3) is 0 Å². The van der Waals surface area contributed by atoms with Crippen molar-refractivity contribution in [1.29, 1.82) is 5.26 Å². The minimum atomic E-state index is -0.273. The maximum absolute atomic E-state index is 14.0. The standard InChI is InChI=1S/C16H18FN3/c1-3-13(19-4-2)11-20-7-5-6-14-15(17)8-12(10-18)9-16(14)20/h3-4,8-9H,5-7,11H2,1-2H3/b13-3-,19-4?. The Morgan fingerprint density at radius 2 is 2.30 bits per heavy atom. The minimum absolute atomic E-state index is 0.273. The summed E-state index contributed by atoms with van der Waals surface area (Å²) in [6, 6.07) is 5.12. The number of nitrogens with zero attached hydrogens (tertiary/aromatic N) is 3. The predicted octanol–water partition coefficient (Wildman–Crippen LogP) is 3.44. The lowest BCUT2D eigenvalue weighted by molar-refractivity contribution is 0.590. The van der Waals surface area contributed by atoms with Gasteiger partial charge in [-0.25, -0.2) is 4.39 Å². The molecule has 1 aromatic rings. The first-order chi connectivity index (χ1) is 9.69. The monoisotopic (exact) mass is 271 g/mol. The fourth-order valence-corrected chi connectivity index (χ4v) is 2.52. The highest BCUT2D eigenvalue weighted by molar-refractivity contribution is 5.61. The highest BCUT2D eigenvalue weighted by Gasteiger charge is 2.21. The van der Waals surface area contributed by atoms with Gasteiger partial charge >= 0.3 is 0 Å². The zero-order valence-corrected chi connectivity index (χ0v) is 11.9. The summed E-state index contributed by atoms with van der Waals surface area (Å²) in [7, 11) is 0. The Morgan fingerprint density at radius 3 is 2.95 bits per heavy atom. The molecule has 104 valence electrons. The number of fused-ring (bicyclic) bond motifs is 1. The van der Waals surface area contributed by atoms with Crippen LogP contribution in [-0.4, -0.2) is 19.3 Å². The molecule has 0 fully saturated rings. The molecule has 2 rings (SSSR count). The summed E-state index contributed by atoms with van der Waals surface area (Å²) in [5.41, 5.74) is 2.86. The third-order valence-electron chi connectivity index (χ3n) is 3.48. The number of halogens is 1. The Bertz CT molecular complexity index is 596. The van der Waals surface area contributed by atoms with Crippen LogP contribution in [0.2, 0.25) is 0 Å². The van der Waals surface area contributed by atoms with Crippen molar-refractivity contribution < 1.29 is 4.39 Å². The van der Waals surface area contributed by atoms with Crippen LogP contribution < -0.4 is 4.90 Å². The van der Waals surface area contributed by atoms with Crippen LogP contribution in [-0.2, 0) is 6.42 Å². The van der Waals surface area contributed by atoms with Crippen molar-refractivity contribution >= 4 is 11.9 Å². The van der Waals surface area contributed by atoms with E-state index in [-0.39, 0.29) is 5.82 Å². The van der Waals surface area contributed by atoms with Gasteiger partial charge in [-0.1, -0.05) is 6.08 Å². The smallest absolute Gasteiger partial charge is 0.129 e. The molecule has 0 spiro atoms. The minimum Gasteiger partial charge on any atom is -0.365 e. The Morgan fingerprint density at radius 1 is 1.50 bits per heavy atom. The first-order valence-corrected chi connectivity index (χ1v) is 6.81. The summed E-state index contributed by atoms with van der Waals surface area (Å²) in [5.74, 6) is -0.273. The Kier molecular flexibility index (Phi) is 4.52. The molecular formula is C16H18FN3. The predicted molar refractivity (Wildman–Crippen MR) is 79.6 cm³/mol. The zero-order chi connectivity index (χ0) is 14.5. The van der Waals surface area contributed by atoms with E-state index in [9.17, 15) is 4.39 Å². The van der Waals surface area contributed by atoms with E-state index in [1.54, 1.807) is 12.3 Å². The van der Waals surface area contributed by atoms with Gasteiger partial charge in [0.05, 0.1) is 23.9 Å². The number of hydrogen-bond donors (Lipinski definition) is 0. The highest BCUT2D eigenvalue weighted by atomic mass is 19.1. The van der Waals surface area contributed by atoms with Gasteiger partial charge in [0.25, 0.3) is 0 Å². The molecule has 20 heavy (non-hydrogen) atoms.